The molecule has 0 bridgehead atoms. The number of ketones is 1. The van der Waals surface area contributed by atoms with Crippen molar-refractivity contribution in [1.29, 1.82) is 0 Å². The number of anilines is 1. The van der Waals surface area contributed by atoms with E-state index >= 15 is 0 Å². The average molecular weight is 413 g/mol. The zero-order chi connectivity index (χ0) is 22.1. The molecule has 0 fully saturated rings. The molecule has 0 aliphatic rings. The first-order chi connectivity index (χ1) is 14.4. The van der Waals surface area contributed by atoms with Gasteiger partial charge >= 0.3 is 11.7 Å². The fourth-order valence-electron chi connectivity index (χ4n) is 2.55. The van der Waals surface area contributed by atoms with E-state index in [-0.39, 0.29) is 12.4 Å². The summed E-state index contributed by atoms with van der Waals surface area (Å²) in [4.78, 5) is 50.0. The maximum Gasteiger partial charge on any atom is 0.331 e. The van der Waals surface area contributed by atoms with Crippen molar-refractivity contribution in [3.05, 3.63) is 75.0 Å². The lowest BCUT2D eigenvalue weighted by Crippen LogP contribution is -2.37. The molecule has 0 saturated carbocycles. The highest BCUT2D eigenvalue weighted by Crippen LogP contribution is 2.13. The third-order valence-electron chi connectivity index (χ3n) is 3.97. The number of hydrogen-bond donors (Lipinski definition) is 2. The van der Waals surface area contributed by atoms with E-state index in [2.05, 4.69) is 6.58 Å². The molecule has 2 rings (SSSR count). The molecule has 0 aliphatic heterocycles. The Kier molecular flexibility index (Phi) is 7.92. The van der Waals surface area contributed by atoms with Crippen LogP contribution in [0, 0.1) is 0 Å². The summed E-state index contributed by atoms with van der Waals surface area (Å²) in [5, 5.41) is 0. The van der Waals surface area contributed by atoms with Crippen LogP contribution in [0.3, 0.4) is 0 Å². The van der Waals surface area contributed by atoms with Crippen molar-refractivity contribution in [3.8, 4) is 5.75 Å². The van der Waals surface area contributed by atoms with Gasteiger partial charge < -0.3 is 15.2 Å². The number of esters is 1. The highest BCUT2D eigenvalue weighted by molar-refractivity contribution is 6.01. The van der Waals surface area contributed by atoms with Crippen LogP contribution in [0.4, 0.5) is 5.82 Å². The number of nitrogens with zero attached hydrogens (tertiary/aromatic N) is 1. The summed E-state index contributed by atoms with van der Waals surface area (Å²) < 4.78 is 11.3. The van der Waals surface area contributed by atoms with E-state index in [0.717, 1.165) is 16.2 Å². The van der Waals surface area contributed by atoms with Crippen molar-refractivity contribution in [3.63, 3.8) is 0 Å². The van der Waals surface area contributed by atoms with Crippen LogP contribution in [0.1, 0.15) is 29.3 Å². The van der Waals surface area contributed by atoms with Gasteiger partial charge in [-0.2, -0.15) is 0 Å². The number of Topliss-reactive ketones (excluding diaryl/α,β-unsaturated/α-hetero) is 1. The Morgan fingerprint density at radius 2 is 1.93 bits per heavy atom. The lowest BCUT2D eigenvalue weighted by Gasteiger charge is -2.10. The average Bonchev–Trinajstić information content (AvgIpc) is 2.72. The van der Waals surface area contributed by atoms with Crippen LogP contribution in [-0.2, 0) is 16.1 Å². The molecular weight excluding hydrogens is 390 g/mol. The predicted molar refractivity (Wildman–Crippen MR) is 112 cm³/mol. The Bertz CT molecular complexity index is 1060. The van der Waals surface area contributed by atoms with Crippen molar-refractivity contribution in [2.45, 2.75) is 19.9 Å². The van der Waals surface area contributed by atoms with E-state index in [1.807, 2.05) is 11.9 Å². The summed E-state index contributed by atoms with van der Waals surface area (Å²) in [5.41, 5.74) is 4.51. The van der Waals surface area contributed by atoms with Gasteiger partial charge in [-0.1, -0.05) is 31.7 Å². The highest BCUT2D eigenvalue weighted by atomic mass is 16.5. The topological polar surface area (TPSA) is 133 Å². The van der Waals surface area contributed by atoms with Crippen LogP contribution < -0.4 is 21.7 Å². The lowest BCUT2D eigenvalue weighted by atomic mass is 10.2. The molecule has 0 atom stereocenters. The van der Waals surface area contributed by atoms with Gasteiger partial charge in [-0.3, -0.25) is 19.1 Å². The summed E-state index contributed by atoms with van der Waals surface area (Å²) in [7, 11) is 0. The summed E-state index contributed by atoms with van der Waals surface area (Å²) in [6.07, 6.45) is 4.86. The van der Waals surface area contributed by atoms with Gasteiger partial charge in [0.1, 0.15) is 23.7 Å². The van der Waals surface area contributed by atoms with Gasteiger partial charge in [0.25, 0.3) is 5.56 Å². The number of H-pyrrole nitrogens is 1. The number of benzene rings is 1. The van der Waals surface area contributed by atoms with Gasteiger partial charge in [0.05, 0.1) is 0 Å². The minimum absolute atomic E-state index is 0.238. The van der Waals surface area contributed by atoms with Crippen molar-refractivity contribution >= 4 is 23.6 Å². The maximum absolute atomic E-state index is 12.3. The summed E-state index contributed by atoms with van der Waals surface area (Å²) in [5.74, 6) is -1.16. The zero-order valence-electron chi connectivity index (χ0n) is 16.6. The van der Waals surface area contributed by atoms with E-state index in [1.165, 1.54) is 6.08 Å². The van der Waals surface area contributed by atoms with Crippen LogP contribution in [-0.4, -0.2) is 34.5 Å². The first-order valence-electron chi connectivity index (χ1n) is 9.21. The second kappa shape index (κ2) is 10.6. The summed E-state index contributed by atoms with van der Waals surface area (Å²) >= 11 is 0. The Hall–Kier alpha value is -3.88. The highest BCUT2D eigenvalue weighted by Gasteiger charge is 2.20. The normalized spacial score (nSPS) is 10.7. The molecular formula is C21H23N3O6. The molecule has 30 heavy (non-hydrogen) atoms. The third-order valence-corrected chi connectivity index (χ3v) is 3.97. The molecule has 158 valence electrons. The number of carbonyl (C=O) groups excluding carboxylic acids is 2. The number of nitrogen functional groups attached to an aromatic ring is 1. The first kappa shape index (κ1) is 22.4. The zero-order valence-corrected chi connectivity index (χ0v) is 16.6. The van der Waals surface area contributed by atoms with Crippen LogP contribution in [0.2, 0.25) is 0 Å². The number of hydrogen-bond acceptors (Lipinski definition) is 7. The summed E-state index contributed by atoms with van der Waals surface area (Å²) in [6.45, 7) is 5.32. The van der Waals surface area contributed by atoms with E-state index in [0.29, 0.717) is 18.8 Å². The number of aromatic amines is 1. The van der Waals surface area contributed by atoms with Gasteiger partial charge in [-0.25, -0.2) is 9.59 Å². The van der Waals surface area contributed by atoms with Gasteiger partial charge in [0, 0.05) is 12.6 Å². The van der Waals surface area contributed by atoms with Crippen molar-refractivity contribution < 1.29 is 19.1 Å². The number of carbonyl (C=O) groups is 2. The standard InChI is InChI=1S/C21H23N3O6/c1-3-11-24-19(22)18(20(27)23-21(24)28)16(25)13-30-17(26)10-7-14-5-8-15(9-6-14)29-12-4-2/h4-10H,2-3,11-13,22H2,1H3,(H,23,27,28). The van der Waals surface area contributed by atoms with Gasteiger partial charge in [-0.05, 0) is 30.2 Å². The van der Waals surface area contributed by atoms with Crippen LogP contribution in [0.15, 0.2) is 52.6 Å². The smallest absolute Gasteiger partial charge is 0.331 e. The monoisotopic (exact) mass is 413 g/mol. The van der Waals surface area contributed by atoms with E-state index in [4.69, 9.17) is 15.2 Å². The maximum atomic E-state index is 12.3. The molecule has 0 amide bonds. The SMILES string of the molecule is C=CCOc1ccc(C=CC(=O)OCC(=O)c2c(N)n(CCC)c(=O)[nH]c2=O)cc1. The molecule has 1 heterocycles. The Balaban J connectivity index is 2.01. The minimum Gasteiger partial charge on any atom is -0.490 e. The van der Waals surface area contributed by atoms with Crippen molar-refractivity contribution in [2.24, 2.45) is 0 Å². The number of aromatic nitrogens is 2. The number of rotatable bonds is 10. The molecule has 3 N–H and O–H groups in total. The molecule has 0 aliphatic carbocycles. The molecule has 2 aromatic rings. The molecule has 0 spiro atoms. The molecule has 0 radical (unpaired) electrons. The van der Waals surface area contributed by atoms with Gasteiger partial charge in [0.2, 0.25) is 5.78 Å². The van der Waals surface area contributed by atoms with Crippen molar-refractivity contribution in [1.82, 2.24) is 9.55 Å². The van der Waals surface area contributed by atoms with Crippen LogP contribution >= 0.6 is 0 Å². The number of nitrogens with one attached hydrogen (secondary N) is 1. The molecule has 1 aromatic heterocycles. The van der Waals surface area contributed by atoms with E-state index in [9.17, 15) is 19.2 Å². The van der Waals surface area contributed by atoms with Crippen LogP contribution in [0.5, 0.6) is 5.75 Å². The number of ether oxygens (including phenoxy) is 2. The second-order valence-electron chi connectivity index (χ2n) is 6.20. The third kappa shape index (κ3) is 5.81. The van der Waals surface area contributed by atoms with Crippen molar-refractivity contribution in [2.75, 3.05) is 18.9 Å². The van der Waals surface area contributed by atoms with Gasteiger partial charge in [-0.15, -0.1) is 0 Å². The molecule has 9 heteroatoms. The van der Waals surface area contributed by atoms with Crippen LogP contribution in [0.25, 0.3) is 6.08 Å². The first-order valence-corrected chi connectivity index (χ1v) is 9.21. The lowest BCUT2D eigenvalue weighted by molar-refractivity contribution is -0.136. The quantitative estimate of drug-likeness (QED) is 0.261. The Labute approximate surface area is 172 Å². The Morgan fingerprint density at radius 3 is 2.57 bits per heavy atom. The fraction of sp³-hybridized carbons (Fsp3) is 0.238. The second-order valence-corrected chi connectivity index (χ2v) is 6.20. The molecule has 0 saturated heterocycles. The Morgan fingerprint density at radius 1 is 1.23 bits per heavy atom. The minimum atomic E-state index is -0.916. The summed E-state index contributed by atoms with van der Waals surface area (Å²) in [6, 6.07) is 6.95. The van der Waals surface area contributed by atoms with E-state index < -0.39 is 35.2 Å². The molecule has 1 aromatic carbocycles. The van der Waals surface area contributed by atoms with E-state index in [1.54, 1.807) is 30.3 Å². The molecule has 0 unspecified atom stereocenters. The molecule has 9 nitrogen and oxygen atoms in total. The predicted octanol–water partition coefficient (Wildman–Crippen LogP) is 1.53. The largest absolute Gasteiger partial charge is 0.490 e. The number of nitrogens with two attached hydrogens (primary N) is 1. The van der Waals surface area contributed by atoms with Gasteiger partial charge in [0.15, 0.2) is 6.61 Å². The fourth-order valence-corrected chi connectivity index (χ4v) is 2.55.